The summed E-state index contributed by atoms with van der Waals surface area (Å²) in [6, 6.07) is 19.8. The van der Waals surface area contributed by atoms with Gasteiger partial charge < -0.3 is 4.90 Å². The number of benzene rings is 2. The highest BCUT2D eigenvalue weighted by atomic mass is 15.3. The van der Waals surface area contributed by atoms with Crippen molar-refractivity contribution in [3.63, 3.8) is 0 Å². The third kappa shape index (κ3) is 4.14. The number of hydrogen-bond acceptors (Lipinski definition) is 2. The second kappa shape index (κ2) is 6.76. The molecule has 2 nitrogen and oxygen atoms in total. The van der Waals surface area contributed by atoms with Crippen molar-refractivity contribution >= 4 is 5.69 Å². The van der Waals surface area contributed by atoms with E-state index in [-0.39, 0.29) is 5.41 Å². The fourth-order valence-electron chi connectivity index (χ4n) is 3.20. The lowest BCUT2D eigenvalue weighted by atomic mass is 9.86. The second-order valence-electron chi connectivity index (χ2n) is 7.55. The van der Waals surface area contributed by atoms with E-state index in [0.29, 0.717) is 0 Å². The van der Waals surface area contributed by atoms with E-state index in [2.05, 4.69) is 85.2 Å². The van der Waals surface area contributed by atoms with E-state index in [4.69, 9.17) is 0 Å². The van der Waals surface area contributed by atoms with Gasteiger partial charge in [-0.2, -0.15) is 0 Å². The highest BCUT2D eigenvalue weighted by Gasteiger charge is 2.18. The van der Waals surface area contributed by atoms with Crippen molar-refractivity contribution in [2.75, 3.05) is 31.1 Å². The molecular weight excluding hydrogens is 280 g/mol. The van der Waals surface area contributed by atoms with Crippen molar-refractivity contribution in [1.29, 1.82) is 0 Å². The zero-order valence-electron chi connectivity index (χ0n) is 14.6. The summed E-state index contributed by atoms with van der Waals surface area (Å²) in [6.07, 6.45) is 0. The molecule has 2 heteroatoms. The molecule has 122 valence electrons. The number of para-hydroxylation sites is 1. The first-order chi connectivity index (χ1) is 11.0. The number of rotatable bonds is 3. The van der Waals surface area contributed by atoms with Gasteiger partial charge in [0.05, 0.1) is 0 Å². The third-order valence-corrected chi connectivity index (χ3v) is 4.69. The van der Waals surface area contributed by atoms with Crippen LogP contribution in [0, 0.1) is 0 Å². The zero-order valence-corrected chi connectivity index (χ0v) is 14.6. The summed E-state index contributed by atoms with van der Waals surface area (Å²) >= 11 is 0. The Kier molecular flexibility index (Phi) is 4.72. The molecule has 0 saturated carbocycles. The maximum absolute atomic E-state index is 2.57. The molecular formula is C21H28N2. The molecule has 0 bridgehead atoms. The van der Waals surface area contributed by atoms with E-state index in [9.17, 15) is 0 Å². The third-order valence-electron chi connectivity index (χ3n) is 4.69. The zero-order chi connectivity index (χ0) is 16.3. The summed E-state index contributed by atoms with van der Waals surface area (Å²) in [4.78, 5) is 5.06. The van der Waals surface area contributed by atoms with Crippen LogP contribution in [-0.4, -0.2) is 31.1 Å². The molecule has 1 heterocycles. The summed E-state index contributed by atoms with van der Waals surface area (Å²) in [5, 5.41) is 0. The van der Waals surface area contributed by atoms with Crippen molar-refractivity contribution in [3.05, 3.63) is 65.7 Å². The highest BCUT2D eigenvalue weighted by molar-refractivity contribution is 5.46. The number of nitrogens with zero attached hydrogens (tertiary/aromatic N) is 2. The van der Waals surface area contributed by atoms with Crippen molar-refractivity contribution in [3.8, 4) is 0 Å². The first-order valence-electron chi connectivity index (χ1n) is 8.64. The molecule has 0 atom stereocenters. The van der Waals surface area contributed by atoms with E-state index < -0.39 is 0 Å². The van der Waals surface area contributed by atoms with Gasteiger partial charge in [0, 0.05) is 38.4 Å². The normalized spacial score (nSPS) is 16.6. The van der Waals surface area contributed by atoms with Crippen LogP contribution in [0.4, 0.5) is 5.69 Å². The van der Waals surface area contributed by atoms with Crippen LogP contribution in [0.25, 0.3) is 0 Å². The monoisotopic (exact) mass is 308 g/mol. The van der Waals surface area contributed by atoms with Crippen LogP contribution < -0.4 is 4.90 Å². The van der Waals surface area contributed by atoms with E-state index in [1.807, 2.05) is 0 Å². The predicted molar refractivity (Wildman–Crippen MR) is 99.1 cm³/mol. The fourth-order valence-corrected chi connectivity index (χ4v) is 3.20. The standard InChI is InChI=1S/C21H28N2/c1-21(2,3)19-9-7-8-18(16-19)17-22-12-14-23(15-13-22)20-10-5-4-6-11-20/h4-11,16H,12-15,17H2,1-3H3. The lowest BCUT2D eigenvalue weighted by Crippen LogP contribution is -2.45. The molecule has 2 aromatic rings. The summed E-state index contributed by atoms with van der Waals surface area (Å²) < 4.78 is 0. The molecule has 0 N–H and O–H groups in total. The molecule has 0 spiro atoms. The second-order valence-corrected chi connectivity index (χ2v) is 7.55. The Morgan fingerprint density at radius 2 is 1.52 bits per heavy atom. The Hall–Kier alpha value is -1.80. The van der Waals surface area contributed by atoms with Gasteiger partial charge in [0.2, 0.25) is 0 Å². The van der Waals surface area contributed by atoms with Gasteiger partial charge in [-0.05, 0) is 28.7 Å². The molecule has 3 rings (SSSR count). The molecule has 0 unspecified atom stereocenters. The van der Waals surface area contributed by atoms with Crippen LogP contribution in [0.15, 0.2) is 54.6 Å². The Balaban J connectivity index is 1.59. The smallest absolute Gasteiger partial charge is 0.0367 e. The lowest BCUT2D eigenvalue weighted by molar-refractivity contribution is 0.249. The minimum absolute atomic E-state index is 0.224. The van der Waals surface area contributed by atoms with Crippen LogP contribution in [0.2, 0.25) is 0 Å². The first kappa shape index (κ1) is 16.1. The van der Waals surface area contributed by atoms with Crippen LogP contribution in [0.1, 0.15) is 31.9 Å². The molecule has 1 fully saturated rings. The van der Waals surface area contributed by atoms with E-state index in [1.165, 1.54) is 16.8 Å². The van der Waals surface area contributed by atoms with Gasteiger partial charge in [0.15, 0.2) is 0 Å². The SMILES string of the molecule is CC(C)(C)c1cccc(CN2CCN(c3ccccc3)CC2)c1. The molecule has 0 amide bonds. The summed E-state index contributed by atoms with van der Waals surface area (Å²) in [7, 11) is 0. The van der Waals surface area contributed by atoms with Crippen LogP contribution in [-0.2, 0) is 12.0 Å². The molecule has 2 aromatic carbocycles. The Bertz CT molecular complexity index is 620. The van der Waals surface area contributed by atoms with E-state index in [1.54, 1.807) is 0 Å². The Morgan fingerprint density at radius 1 is 0.826 bits per heavy atom. The Labute approximate surface area is 140 Å². The molecule has 0 radical (unpaired) electrons. The summed E-state index contributed by atoms with van der Waals surface area (Å²) in [6.45, 7) is 12.4. The van der Waals surface area contributed by atoms with Gasteiger partial charge in [0.25, 0.3) is 0 Å². The number of piperazine rings is 1. The minimum atomic E-state index is 0.224. The summed E-state index contributed by atoms with van der Waals surface area (Å²) in [5.41, 5.74) is 4.44. The van der Waals surface area contributed by atoms with Gasteiger partial charge in [0.1, 0.15) is 0 Å². The van der Waals surface area contributed by atoms with Gasteiger partial charge >= 0.3 is 0 Å². The molecule has 0 aromatic heterocycles. The van der Waals surface area contributed by atoms with E-state index >= 15 is 0 Å². The highest BCUT2D eigenvalue weighted by Crippen LogP contribution is 2.23. The van der Waals surface area contributed by atoms with Gasteiger partial charge in [-0.25, -0.2) is 0 Å². The molecule has 1 saturated heterocycles. The average Bonchev–Trinajstić information content (AvgIpc) is 2.56. The number of anilines is 1. The largest absolute Gasteiger partial charge is 0.369 e. The van der Waals surface area contributed by atoms with Crippen LogP contribution in [0.3, 0.4) is 0 Å². The fraction of sp³-hybridized carbons (Fsp3) is 0.429. The molecule has 1 aliphatic heterocycles. The molecule has 1 aliphatic rings. The maximum atomic E-state index is 2.57. The van der Waals surface area contributed by atoms with Crippen LogP contribution >= 0.6 is 0 Å². The van der Waals surface area contributed by atoms with Gasteiger partial charge in [-0.15, -0.1) is 0 Å². The topological polar surface area (TPSA) is 6.48 Å². The quantitative estimate of drug-likeness (QED) is 0.834. The van der Waals surface area contributed by atoms with Crippen LogP contribution in [0.5, 0.6) is 0 Å². The molecule has 0 aliphatic carbocycles. The average molecular weight is 308 g/mol. The first-order valence-corrected chi connectivity index (χ1v) is 8.64. The molecule has 23 heavy (non-hydrogen) atoms. The van der Waals surface area contributed by atoms with Crippen molar-refractivity contribution in [1.82, 2.24) is 4.90 Å². The maximum Gasteiger partial charge on any atom is 0.0367 e. The van der Waals surface area contributed by atoms with E-state index in [0.717, 1.165) is 32.7 Å². The predicted octanol–water partition coefficient (Wildman–Crippen LogP) is 4.31. The number of hydrogen-bond donors (Lipinski definition) is 0. The van der Waals surface area contributed by atoms with Gasteiger partial charge in [-0.3, -0.25) is 4.90 Å². The van der Waals surface area contributed by atoms with Gasteiger partial charge in [-0.1, -0.05) is 63.2 Å². The lowest BCUT2D eigenvalue weighted by Gasteiger charge is -2.36. The van der Waals surface area contributed by atoms with Crippen molar-refractivity contribution in [2.24, 2.45) is 0 Å². The minimum Gasteiger partial charge on any atom is -0.369 e. The van der Waals surface area contributed by atoms with Crippen molar-refractivity contribution < 1.29 is 0 Å². The summed E-state index contributed by atoms with van der Waals surface area (Å²) in [5.74, 6) is 0. The Morgan fingerprint density at radius 3 is 2.17 bits per heavy atom. The van der Waals surface area contributed by atoms with Crippen molar-refractivity contribution in [2.45, 2.75) is 32.7 Å².